The number of rotatable bonds is 8. The Labute approximate surface area is 140 Å². The number of benzene rings is 1. The first-order valence-corrected chi connectivity index (χ1v) is 8.57. The molecular weight excluding hydrogens is 312 g/mol. The summed E-state index contributed by atoms with van der Waals surface area (Å²) in [7, 11) is 1.56. The van der Waals surface area contributed by atoms with E-state index in [4.69, 9.17) is 9.47 Å². The average Bonchev–Trinajstić information content (AvgIpc) is 3.06. The van der Waals surface area contributed by atoms with Crippen molar-refractivity contribution < 1.29 is 14.3 Å². The van der Waals surface area contributed by atoms with Crippen LogP contribution in [0.1, 0.15) is 42.7 Å². The number of thiazole rings is 1. The van der Waals surface area contributed by atoms with Crippen molar-refractivity contribution >= 4 is 17.2 Å². The lowest BCUT2D eigenvalue weighted by Crippen LogP contribution is -2.32. The fourth-order valence-electron chi connectivity index (χ4n) is 2.20. The monoisotopic (exact) mass is 334 g/mol. The number of carbonyl (C=O) groups excluding carboxylic acids is 1. The van der Waals surface area contributed by atoms with E-state index in [9.17, 15) is 4.79 Å². The number of nitrogens with zero attached hydrogens (tertiary/aromatic N) is 1. The van der Waals surface area contributed by atoms with E-state index in [0.29, 0.717) is 23.7 Å². The summed E-state index contributed by atoms with van der Waals surface area (Å²) in [6.45, 7) is 4.48. The largest absolute Gasteiger partial charge is 0.493 e. The molecule has 0 radical (unpaired) electrons. The molecule has 1 atom stereocenters. The average molecular weight is 334 g/mol. The highest BCUT2D eigenvalue weighted by Gasteiger charge is 2.13. The van der Waals surface area contributed by atoms with Gasteiger partial charge in [0.15, 0.2) is 11.5 Å². The summed E-state index contributed by atoms with van der Waals surface area (Å²) in [5, 5.41) is 4.91. The predicted molar refractivity (Wildman–Crippen MR) is 91.3 cm³/mol. The fourth-order valence-corrected chi connectivity index (χ4v) is 2.74. The van der Waals surface area contributed by atoms with E-state index in [1.807, 2.05) is 12.3 Å². The Morgan fingerprint density at radius 1 is 1.39 bits per heavy atom. The number of nitrogens with one attached hydrogen (secondary N) is 1. The quantitative estimate of drug-likeness (QED) is 0.800. The third-order valence-electron chi connectivity index (χ3n) is 3.38. The topological polar surface area (TPSA) is 60.5 Å². The Balaban J connectivity index is 2.04. The zero-order chi connectivity index (χ0) is 16.7. The van der Waals surface area contributed by atoms with Crippen LogP contribution in [-0.4, -0.2) is 24.0 Å². The summed E-state index contributed by atoms with van der Waals surface area (Å²) in [4.78, 5) is 16.4. The molecule has 5 nitrogen and oxygen atoms in total. The fraction of sp³-hybridized carbons (Fsp3) is 0.412. The maximum absolute atomic E-state index is 12.2. The molecule has 1 amide bonds. The Morgan fingerprint density at radius 2 is 2.22 bits per heavy atom. The second kappa shape index (κ2) is 8.53. The first-order chi connectivity index (χ1) is 11.1. The predicted octanol–water partition coefficient (Wildman–Crippen LogP) is 3.65. The zero-order valence-electron chi connectivity index (χ0n) is 13.7. The summed E-state index contributed by atoms with van der Waals surface area (Å²) in [5.41, 5.74) is 3.19. The number of aromatic nitrogens is 1. The van der Waals surface area contributed by atoms with E-state index in [2.05, 4.69) is 17.2 Å². The molecule has 0 aliphatic rings. The molecule has 2 aromatic rings. The first kappa shape index (κ1) is 17.3. The molecule has 0 aliphatic heterocycles. The minimum atomic E-state index is -0.102. The van der Waals surface area contributed by atoms with Crippen molar-refractivity contribution in [1.82, 2.24) is 10.3 Å². The van der Waals surface area contributed by atoms with Gasteiger partial charge in [0.2, 0.25) is 0 Å². The summed E-state index contributed by atoms with van der Waals surface area (Å²) in [6, 6.07) is 5.35. The van der Waals surface area contributed by atoms with Crippen molar-refractivity contribution in [1.29, 1.82) is 0 Å². The van der Waals surface area contributed by atoms with Crippen molar-refractivity contribution in [3.05, 3.63) is 40.3 Å². The Kier molecular flexibility index (Phi) is 6.40. The van der Waals surface area contributed by atoms with E-state index in [-0.39, 0.29) is 11.9 Å². The summed E-state index contributed by atoms with van der Waals surface area (Å²) in [5.74, 6) is 1.03. The lowest BCUT2D eigenvalue weighted by atomic mass is 10.1. The van der Waals surface area contributed by atoms with Crippen molar-refractivity contribution in [3.63, 3.8) is 0 Å². The molecule has 1 N–H and O–H groups in total. The SMILES string of the molecule is CCCC(C)NC(=O)c1ccc(OCc2cscn2)c(OC)c1. The second-order valence-electron chi connectivity index (χ2n) is 5.30. The van der Waals surface area contributed by atoms with Gasteiger partial charge >= 0.3 is 0 Å². The molecule has 1 aromatic carbocycles. The van der Waals surface area contributed by atoms with Gasteiger partial charge in [0.25, 0.3) is 5.91 Å². The number of ether oxygens (including phenoxy) is 2. The number of hydrogen-bond acceptors (Lipinski definition) is 5. The molecule has 0 saturated carbocycles. The normalized spacial score (nSPS) is 11.8. The van der Waals surface area contributed by atoms with Crippen LogP contribution in [0.4, 0.5) is 0 Å². The molecule has 0 aliphatic carbocycles. The molecular formula is C17H22N2O3S. The van der Waals surface area contributed by atoms with E-state index < -0.39 is 0 Å². The summed E-state index contributed by atoms with van der Waals surface area (Å²) in [6.07, 6.45) is 1.99. The molecule has 23 heavy (non-hydrogen) atoms. The highest BCUT2D eigenvalue weighted by Crippen LogP contribution is 2.29. The summed E-state index contributed by atoms with van der Waals surface area (Å²) >= 11 is 1.53. The number of amides is 1. The third kappa shape index (κ3) is 4.96. The molecule has 0 fully saturated rings. The van der Waals surface area contributed by atoms with Gasteiger partial charge in [-0.2, -0.15) is 0 Å². The minimum Gasteiger partial charge on any atom is -0.493 e. The Bertz CT molecular complexity index is 629. The van der Waals surface area contributed by atoms with E-state index in [1.54, 1.807) is 30.8 Å². The van der Waals surface area contributed by atoms with Gasteiger partial charge in [0.05, 0.1) is 18.3 Å². The van der Waals surface area contributed by atoms with Gasteiger partial charge in [0, 0.05) is 17.0 Å². The van der Waals surface area contributed by atoms with Gasteiger partial charge in [-0.25, -0.2) is 4.98 Å². The standard InChI is InChI=1S/C17H22N2O3S/c1-4-5-12(2)19-17(20)13-6-7-15(16(8-13)21-3)22-9-14-10-23-11-18-14/h6-8,10-12H,4-5,9H2,1-3H3,(H,19,20). The third-order valence-corrected chi connectivity index (χ3v) is 4.02. The first-order valence-electron chi connectivity index (χ1n) is 7.62. The summed E-state index contributed by atoms with van der Waals surface area (Å²) < 4.78 is 11.1. The van der Waals surface area contributed by atoms with Crippen molar-refractivity contribution in [2.24, 2.45) is 0 Å². The van der Waals surface area contributed by atoms with Crippen LogP contribution >= 0.6 is 11.3 Å². The molecule has 2 rings (SSSR count). The number of hydrogen-bond donors (Lipinski definition) is 1. The van der Waals surface area contributed by atoms with Crippen LogP contribution in [0.25, 0.3) is 0 Å². The van der Waals surface area contributed by atoms with Gasteiger partial charge in [-0.15, -0.1) is 11.3 Å². The zero-order valence-corrected chi connectivity index (χ0v) is 14.5. The van der Waals surface area contributed by atoms with E-state index in [1.165, 1.54) is 11.3 Å². The highest BCUT2D eigenvalue weighted by molar-refractivity contribution is 7.07. The second-order valence-corrected chi connectivity index (χ2v) is 6.02. The van der Waals surface area contributed by atoms with E-state index in [0.717, 1.165) is 18.5 Å². The van der Waals surface area contributed by atoms with Crippen LogP contribution in [0.5, 0.6) is 11.5 Å². The van der Waals surface area contributed by atoms with Gasteiger partial charge < -0.3 is 14.8 Å². The molecule has 1 heterocycles. The van der Waals surface area contributed by atoms with Crippen LogP contribution in [0.3, 0.4) is 0 Å². The minimum absolute atomic E-state index is 0.102. The van der Waals surface area contributed by atoms with Gasteiger partial charge in [-0.3, -0.25) is 4.79 Å². The van der Waals surface area contributed by atoms with Crippen molar-refractivity contribution in [2.45, 2.75) is 39.3 Å². The Morgan fingerprint density at radius 3 is 2.87 bits per heavy atom. The van der Waals surface area contributed by atoms with Crippen LogP contribution in [-0.2, 0) is 6.61 Å². The number of carbonyl (C=O) groups is 1. The van der Waals surface area contributed by atoms with Crippen molar-refractivity contribution in [3.8, 4) is 11.5 Å². The smallest absolute Gasteiger partial charge is 0.251 e. The molecule has 124 valence electrons. The molecule has 1 aromatic heterocycles. The van der Waals surface area contributed by atoms with E-state index >= 15 is 0 Å². The van der Waals surface area contributed by atoms with Crippen LogP contribution < -0.4 is 14.8 Å². The maximum Gasteiger partial charge on any atom is 0.251 e. The number of methoxy groups -OCH3 is 1. The van der Waals surface area contributed by atoms with Gasteiger partial charge in [-0.05, 0) is 31.5 Å². The molecule has 0 saturated heterocycles. The lowest BCUT2D eigenvalue weighted by Gasteiger charge is -2.14. The maximum atomic E-state index is 12.2. The van der Waals surface area contributed by atoms with Crippen LogP contribution in [0, 0.1) is 0 Å². The Hall–Kier alpha value is -2.08. The highest BCUT2D eigenvalue weighted by atomic mass is 32.1. The van der Waals surface area contributed by atoms with Crippen LogP contribution in [0.15, 0.2) is 29.1 Å². The lowest BCUT2D eigenvalue weighted by molar-refractivity contribution is 0.0938. The molecule has 0 spiro atoms. The molecule has 0 bridgehead atoms. The van der Waals surface area contributed by atoms with Gasteiger partial charge in [-0.1, -0.05) is 13.3 Å². The van der Waals surface area contributed by atoms with Crippen molar-refractivity contribution in [2.75, 3.05) is 7.11 Å². The van der Waals surface area contributed by atoms with Gasteiger partial charge in [0.1, 0.15) is 6.61 Å². The molecule has 6 heteroatoms. The van der Waals surface area contributed by atoms with Crippen LogP contribution in [0.2, 0.25) is 0 Å². The molecule has 1 unspecified atom stereocenters.